The van der Waals surface area contributed by atoms with Crippen molar-refractivity contribution in [1.29, 1.82) is 0 Å². The number of aliphatic hydroxyl groups is 1. The zero-order valence-corrected chi connectivity index (χ0v) is 9.94. The average Bonchev–Trinajstić information content (AvgIpc) is 2.35. The fraction of sp³-hybridized carbons (Fsp3) is 0.500. The van der Waals surface area contributed by atoms with Gasteiger partial charge < -0.3 is 19.9 Å². The van der Waals surface area contributed by atoms with Crippen molar-refractivity contribution in [3.8, 4) is 5.75 Å². The number of ether oxygens (including phenoxy) is 2. The predicted octanol–water partition coefficient (Wildman–Crippen LogP) is 1.39. The van der Waals surface area contributed by atoms with Crippen molar-refractivity contribution >= 4 is 0 Å². The van der Waals surface area contributed by atoms with Gasteiger partial charge in [-0.2, -0.15) is 8.78 Å². The Bertz CT molecular complexity index is 320. The molecule has 1 rings (SSSR count). The molecule has 4 nitrogen and oxygen atoms in total. The Morgan fingerprint density at radius 2 is 1.89 bits per heavy atom. The van der Waals surface area contributed by atoms with Crippen LogP contribution in [0.4, 0.5) is 8.78 Å². The smallest absolute Gasteiger partial charge is 0.387 e. The lowest BCUT2D eigenvalue weighted by Crippen LogP contribution is -2.19. The van der Waals surface area contributed by atoms with Crippen LogP contribution in [0.2, 0.25) is 0 Å². The van der Waals surface area contributed by atoms with Crippen LogP contribution in [0, 0.1) is 0 Å². The molecule has 0 atom stereocenters. The molecule has 0 aliphatic heterocycles. The fourth-order valence-corrected chi connectivity index (χ4v) is 1.33. The topological polar surface area (TPSA) is 50.7 Å². The van der Waals surface area contributed by atoms with Gasteiger partial charge in [-0.3, -0.25) is 0 Å². The molecule has 18 heavy (non-hydrogen) atoms. The van der Waals surface area contributed by atoms with E-state index < -0.39 is 6.61 Å². The molecule has 1 aromatic rings. The molecule has 2 N–H and O–H groups in total. The van der Waals surface area contributed by atoms with E-state index >= 15 is 0 Å². The van der Waals surface area contributed by atoms with Crippen LogP contribution in [0.15, 0.2) is 24.3 Å². The number of hydrogen-bond donors (Lipinski definition) is 2. The average molecular weight is 261 g/mol. The third-order valence-corrected chi connectivity index (χ3v) is 2.14. The van der Waals surface area contributed by atoms with Gasteiger partial charge in [0.05, 0.1) is 19.8 Å². The van der Waals surface area contributed by atoms with Crippen molar-refractivity contribution in [2.24, 2.45) is 0 Å². The van der Waals surface area contributed by atoms with E-state index in [0.717, 1.165) is 5.56 Å². The van der Waals surface area contributed by atoms with E-state index in [1.54, 1.807) is 12.1 Å². The minimum absolute atomic E-state index is 0.0194. The molecule has 0 bridgehead atoms. The van der Waals surface area contributed by atoms with Gasteiger partial charge in [-0.15, -0.1) is 0 Å². The second-order valence-electron chi connectivity index (χ2n) is 3.54. The SMILES string of the molecule is OCCOCCNCc1ccc(OC(F)F)cc1. The lowest BCUT2D eigenvalue weighted by atomic mass is 10.2. The molecule has 1 aromatic carbocycles. The van der Waals surface area contributed by atoms with Gasteiger partial charge in [0.1, 0.15) is 5.75 Å². The monoisotopic (exact) mass is 261 g/mol. The first-order valence-electron chi connectivity index (χ1n) is 5.65. The second kappa shape index (κ2) is 8.79. The van der Waals surface area contributed by atoms with Crippen molar-refractivity contribution in [2.75, 3.05) is 26.4 Å². The van der Waals surface area contributed by atoms with E-state index in [4.69, 9.17) is 9.84 Å². The molecular formula is C12H17F2NO3. The van der Waals surface area contributed by atoms with Gasteiger partial charge in [0.25, 0.3) is 0 Å². The lowest BCUT2D eigenvalue weighted by Gasteiger charge is -2.07. The van der Waals surface area contributed by atoms with Crippen LogP contribution in [0.1, 0.15) is 5.56 Å². The van der Waals surface area contributed by atoms with Crippen LogP contribution in [0.25, 0.3) is 0 Å². The lowest BCUT2D eigenvalue weighted by molar-refractivity contribution is -0.0498. The number of halogens is 2. The molecule has 0 heterocycles. The minimum Gasteiger partial charge on any atom is -0.435 e. The molecule has 0 unspecified atom stereocenters. The molecule has 0 aliphatic carbocycles. The van der Waals surface area contributed by atoms with Crippen molar-refractivity contribution in [2.45, 2.75) is 13.2 Å². The van der Waals surface area contributed by atoms with Crippen molar-refractivity contribution in [3.63, 3.8) is 0 Å². The van der Waals surface area contributed by atoms with Crippen LogP contribution >= 0.6 is 0 Å². The van der Waals surface area contributed by atoms with Crippen LogP contribution in [-0.4, -0.2) is 38.1 Å². The van der Waals surface area contributed by atoms with E-state index in [1.165, 1.54) is 12.1 Å². The zero-order valence-electron chi connectivity index (χ0n) is 9.94. The third-order valence-electron chi connectivity index (χ3n) is 2.14. The highest BCUT2D eigenvalue weighted by molar-refractivity contribution is 5.27. The minimum atomic E-state index is -2.79. The summed E-state index contributed by atoms with van der Waals surface area (Å²) in [6.45, 7) is -0.634. The van der Waals surface area contributed by atoms with E-state index in [0.29, 0.717) is 26.3 Å². The van der Waals surface area contributed by atoms with Gasteiger partial charge in [-0.1, -0.05) is 12.1 Å². The van der Waals surface area contributed by atoms with Gasteiger partial charge in [-0.25, -0.2) is 0 Å². The highest BCUT2D eigenvalue weighted by atomic mass is 19.3. The summed E-state index contributed by atoms with van der Waals surface area (Å²) >= 11 is 0. The van der Waals surface area contributed by atoms with Crippen LogP contribution in [-0.2, 0) is 11.3 Å². The van der Waals surface area contributed by atoms with Crippen LogP contribution in [0.5, 0.6) is 5.75 Å². The molecule has 102 valence electrons. The predicted molar refractivity (Wildman–Crippen MR) is 62.7 cm³/mol. The Morgan fingerprint density at radius 1 is 1.17 bits per heavy atom. The molecular weight excluding hydrogens is 244 g/mol. The van der Waals surface area contributed by atoms with Gasteiger partial charge in [0, 0.05) is 13.1 Å². The molecule has 0 aromatic heterocycles. The normalized spacial score (nSPS) is 10.9. The summed E-state index contributed by atoms with van der Waals surface area (Å²) in [5.41, 5.74) is 0.971. The molecule has 0 saturated carbocycles. The molecule has 6 heteroatoms. The van der Waals surface area contributed by atoms with Crippen molar-refractivity contribution < 1.29 is 23.4 Å². The summed E-state index contributed by atoms with van der Waals surface area (Å²) in [6.07, 6.45) is 0. The number of rotatable bonds is 9. The van der Waals surface area contributed by atoms with Crippen molar-refractivity contribution in [1.82, 2.24) is 5.32 Å². The summed E-state index contributed by atoms with van der Waals surface area (Å²) in [7, 11) is 0. The Morgan fingerprint density at radius 3 is 2.50 bits per heavy atom. The summed E-state index contributed by atoms with van der Waals surface area (Å²) in [6, 6.07) is 6.45. The first-order valence-corrected chi connectivity index (χ1v) is 5.65. The Balaban J connectivity index is 2.18. The van der Waals surface area contributed by atoms with Crippen LogP contribution < -0.4 is 10.1 Å². The first kappa shape index (κ1) is 14.8. The van der Waals surface area contributed by atoms with E-state index in [-0.39, 0.29) is 12.4 Å². The molecule has 0 fully saturated rings. The summed E-state index contributed by atoms with van der Waals surface area (Å²) in [5, 5.41) is 11.6. The maximum atomic E-state index is 11.9. The molecule has 0 spiro atoms. The zero-order chi connectivity index (χ0) is 13.2. The van der Waals surface area contributed by atoms with E-state index in [2.05, 4.69) is 10.1 Å². The summed E-state index contributed by atoms with van der Waals surface area (Å²) in [5.74, 6) is 0.153. The van der Waals surface area contributed by atoms with Gasteiger partial charge >= 0.3 is 6.61 Å². The summed E-state index contributed by atoms with van der Waals surface area (Å²) in [4.78, 5) is 0. The largest absolute Gasteiger partial charge is 0.435 e. The number of alkyl halides is 2. The first-order chi connectivity index (χ1) is 8.72. The number of aliphatic hydroxyl groups excluding tert-OH is 1. The Kier molecular flexibility index (Phi) is 7.24. The van der Waals surface area contributed by atoms with Gasteiger partial charge in [-0.05, 0) is 17.7 Å². The molecule has 0 amide bonds. The van der Waals surface area contributed by atoms with Crippen LogP contribution in [0.3, 0.4) is 0 Å². The maximum Gasteiger partial charge on any atom is 0.387 e. The number of nitrogens with one attached hydrogen (secondary N) is 1. The molecule has 0 saturated heterocycles. The van der Waals surface area contributed by atoms with E-state index in [9.17, 15) is 8.78 Å². The van der Waals surface area contributed by atoms with E-state index in [1.807, 2.05) is 0 Å². The number of benzene rings is 1. The standard InChI is InChI=1S/C12H17F2NO3/c13-12(14)18-11-3-1-10(2-4-11)9-15-5-7-17-8-6-16/h1-4,12,15-16H,5-9H2. The third kappa shape index (κ3) is 6.48. The highest BCUT2D eigenvalue weighted by Crippen LogP contribution is 2.14. The number of hydrogen-bond acceptors (Lipinski definition) is 4. The molecule has 0 radical (unpaired) electrons. The Labute approximate surface area is 105 Å². The van der Waals surface area contributed by atoms with Gasteiger partial charge in [0.15, 0.2) is 0 Å². The highest BCUT2D eigenvalue weighted by Gasteiger charge is 2.03. The van der Waals surface area contributed by atoms with Gasteiger partial charge in [0.2, 0.25) is 0 Å². The Hall–Kier alpha value is -1.24. The second-order valence-corrected chi connectivity index (χ2v) is 3.54. The fourth-order valence-electron chi connectivity index (χ4n) is 1.33. The van der Waals surface area contributed by atoms with Crippen molar-refractivity contribution in [3.05, 3.63) is 29.8 Å². The maximum absolute atomic E-state index is 11.9. The quantitative estimate of drug-likeness (QED) is 0.659. The molecule has 0 aliphatic rings. The summed E-state index contributed by atoms with van der Waals surface area (Å²) < 4.78 is 33.1.